The van der Waals surface area contributed by atoms with E-state index >= 15 is 0 Å². The van der Waals surface area contributed by atoms with E-state index in [-0.39, 0.29) is 11.5 Å². The summed E-state index contributed by atoms with van der Waals surface area (Å²) in [6, 6.07) is 2.44. The lowest BCUT2D eigenvalue weighted by Crippen LogP contribution is -2.36. The fourth-order valence-corrected chi connectivity index (χ4v) is 2.17. The summed E-state index contributed by atoms with van der Waals surface area (Å²) in [5.41, 5.74) is 6.80. The van der Waals surface area contributed by atoms with E-state index in [1.165, 1.54) is 11.0 Å². The first-order valence-corrected chi connectivity index (χ1v) is 5.82. The smallest absolute Gasteiger partial charge is 0.299 e. The molecular formula is C13H15FN2O2. The molecule has 0 radical (unpaired) electrons. The van der Waals surface area contributed by atoms with Crippen molar-refractivity contribution >= 4 is 17.4 Å². The Morgan fingerprint density at radius 2 is 2.06 bits per heavy atom. The minimum atomic E-state index is -0.642. The molecule has 0 bridgehead atoms. The van der Waals surface area contributed by atoms with E-state index in [1.54, 1.807) is 6.92 Å². The second-order valence-electron chi connectivity index (χ2n) is 4.70. The Hall–Kier alpha value is -1.75. The number of benzene rings is 1. The Kier molecular flexibility index (Phi) is 3.17. The number of anilines is 1. The zero-order valence-electron chi connectivity index (χ0n) is 10.4. The molecule has 1 atom stereocenters. The average Bonchev–Trinajstić information content (AvgIpc) is 2.54. The molecule has 1 heterocycles. The second-order valence-corrected chi connectivity index (χ2v) is 4.70. The van der Waals surface area contributed by atoms with Crippen molar-refractivity contribution in [2.75, 3.05) is 18.0 Å². The minimum Gasteiger partial charge on any atom is -0.330 e. The van der Waals surface area contributed by atoms with Crippen LogP contribution in [-0.2, 0) is 4.79 Å². The predicted molar refractivity (Wildman–Crippen MR) is 66.0 cm³/mol. The summed E-state index contributed by atoms with van der Waals surface area (Å²) in [5, 5.41) is 0. The van der Waals surface area contributed by atoms with Crippen LogP contribution in [0, 0.1) is 18.7 Å². The number of rotatable bonds is 3. The number of Topliss-reactive ketones (excluding diaryl/α,β-unsaturated/α-hetero) is 1. The lowest BCUT2D eigenvalue weighted by Gasteiger charge is -2.21. The highest BCUT2D eigenvalue weighted by atomic mass is 19.1. The van der Waals surface area contributed by atoms with Gasteiger partial charge >= 0.3 is 0 Å². The van der Waals surface area contributed by atoms with Crippen LogP contribution in [0.1, 0.15) is 22.8 Å². The van der Waals surface area contributed by atoms with Crippen molar-refractivity contribution < 1.29 is 14.0 Å². The Bertz CT molecular complexity index is 528. The highest BCUT2D eigenvalue weighted by Crippen LogP contribution is 2.33. The monoisotopic (exact) mass is 250 g/mol. The highest BCUT2D eigenvalue weighted by molar-refractivity contribution is 6.52. The van der Waals surface area contributed by atoms with Crippen molar-refractivity contribution in [2.24, 2.45) is 11.7 Å². The topological polar surface area (TPSA) is 63.4 Å². The molecule has 1 amide bonds. The second kappa shape index (κ2) is 4.49. The molecule has 96 valence electrons. The quantitative estimate of drug-likeness (QED) is 0.821. The molecule has 0 spiro atoms. The first kappa shape index (κ1) is 12.7. The maximum Gasteiger partial charge on any atom is 0.299 e. The number of fused-ring (bicyclic) bond motifs is 1. The van der Waals surface area contributed by atoms with E-state index in [9.17, 15) is 14.0 Å². The van der Waals surface area contributed by atoms with E-state index < -0.39 is 17.5 Å². The van der Waals surface area contributed by atoms with Crippen LogP contribution in [-0.4, -0.2) is 24.8 Å². The number of halogens is 1. The van der Waals surface area contributed by atoms with Gasteiger partial charge in [-0.15, -0.1) is 0 Å². The van der Waals surface area contributed by atoms with Crippen LogP contribution in [0.3, 0.4) is 0 Å². The number of carbonyl (C=O) groups is 2. The highest BCUT2D eigenvalue weighted by Gasteiger charge is 2.37. The van der Waals surface area contributed by atoms with Gasteiger partial charge in [-0.3, -0.25) is 9.59 Å². The first-order chi connectivity index (χ1) is 8.45. The van der Waals surface area contributed by atoms with Crippen molar-refractivity contribution in [3.05, 3.63) is 29.1 Å². The molecule has 0 aromatic heterocycles. The molecule has 18 heavy (non-hydrogen) atoms. The molecule has 1 aromatic rings. The van der Waals surface area contributed by atoms with E-state index in [1.807, 2.05) is 6.92 Å². The normalized spacial score (nSPS) is 16.1. The summed E-state index contributed by atoms with van der Waals surface area (Å²) in [5.74, 6) is -1.66. The van der Waals surface area contributed by atoms with Gasteiger partial charge in [0, 0.05) is 6.54 Å². The molecule has 0 aliphatic carbocycles. The number of carbonyl (C=O) groups excluding carboxylic acids is 2. The van der Waals surface area contributed by atoms with Gasteiger partial charge in [0.15, 0.2) is 0 Å². The Labute approximate surface area is 105 Å². The zero-order chi connectivity index (χ0) is 13.4. The van der Waals surface area contributed by atoms with Crippen molar-refractivity contribution in [1.29, 1.82) is 0 Å². The molecule has 0 saturated heterocycles. The molecule has 0 saturated carbocycles. The summed E-state index contributed by atoms with van der Waals surface area (Å²) >= 11 is 0. The van der Waals surface area contributed by atoms with Crippen LogP contribution < -0.4 is 10.6 Å². The van der Waals surface area contributed by atoms with Gasteiger partial charge in [0.2, 0.25) is 0 Å². The summed E-state index contributed by atoms with van der Waals surface area (Å²) < 4.78 is 13.3. The summed E-state index contributed by atoms with van der Waals surface area (Å²) in [6.07, 6.45) is 0. The maximum atomic E-state index is 13.3. The van der Waals surface area contributed by atoms with Crippen molar-refractivity contribution in [3.63, 3.8) is 0 Å². The van der Waals surface area contributed by atoms with Gasteiger partial charge in [0.25, 0.3) is 11.7 Å². The third kappa shape index (κ3) is 1.90. The van der Waals surface area contributed by atoms with Gasteiger partial charge < -0.3 is 10.6 Å². The fraction of sp³-hybridized carbons (Fsp3) is 0.385. The lowest BCUT2D eigenvalue weighted by molar-refractivity contribution is -0.114. The number of hydrogen-bond acceptors (Lipinski definition) is 3. The summed E-state index contributed by atoms with van der Waals surface area (Å²) in [4.78, 5) is 25.1. The molecule has 1 aromatic carbocycles. The van der Waals surface area contributed by atoms with E-state index in [0.29, 0.717) is 24.3 Å². The van der Waals surface area contributed by atoms with Gasteiger partial charge in [-0.1, -0.05) is 6.92 Å². The SMILES string of the molecule is Cc1cc(F)cc2c1N(CC(C)CN)C(=O)C2=O. The third-order valence-corrected chi connectivity index (χ3v) is 3.12. The summed E-state index contributed by atoms with van der Waals surface area (Å²) in [7, 11) is 0. The number of hydrogen-bond donors (Lipinski definition) is 1. The molecule has 0 fully saturated rings. The number of nitrogens with zero attached hydrogens (tertiary/aromatic N) is 1. The van der Waals surface area contributed by atoms with E-state index in [2.05, 4.69) is 0 Å². The van der Waals surface area contributed by atoms with Crippen LogP contribution >= 0.6 is 0 Å². The maximum absolute atomic E-state index is 13.3. The third-order valence-electron chi connectivity index (χ3n) is 3.12. The van der Waals surface area contributed by atoms with Gasteiger partial charge in [-0.2, -0.15) is 0 Å². The standard InChI is InChI=1S/C13H15FN2O2/c1-7(5-15)6-16-11-8(2)3-9(14)4-10(11)12(17)13(16)18/h3-4,7H,5-6,15H2,1-2H3. The predicted octanol–water partition coefficient (Wildman–Crippen LogP) is 1.26. The number of amides is 1. The van der Waals surface area contributed by atoms with Crippen molar-refractivity contribution in [3.8, 4) is 0 Å². The molecule has 1 unspecified atom stereocenters. The molecular weight excluding hydrogens is 235 g/mol. The van der Waals surface area contributed by atoms with Crippen LogP contribution in [0.15, 0.2) is 12.1 Å². The molecule has 2 rings (SSSR count). The molecule has 4 nitrogen and oxygen atoms in total. The van der Waals surface area contributed by atoms with Gasteiger partial charge in [-0.05, 0) is 37.1 Å². The van der Waals surface area contributed by atoms with Gasteiger partial charge in [0.1, 0.15) is 5.82 Å². The van der Waals surface area contributed by atoms with Gasteiger partial charge in [0.05, 0.1) is 11.3 Å². The zero-order valence-corrected chi connectivity index (χ0v) is 10.4. The van der Waals surface area contributed by atoms with Crippen LogP contribution in [0.4, 0.5) is 10.1 Å². The molecule has 1 aliphatic rings. The van der Waals surface area contributed by atoms with E-state index in [4.69, 9.17) is 5.73 Å². The molecule has 2 N–H and O–H groups in total. The fourth-order valence-electron chi connectivity index (χ4n) is 2.17. The lowest BCUT2D eigenvalue weighted by atomic mass is 10.1. The Morgan fingerprint density at radius 1 is 1.39 bits per heavy atom. The van der Waals surface area contributed by atoms with Crippen LogP contribution in [0.2, 0.25) is 0 Å². The van der Waals surface area contributed by atoms with Gasteiger partial charge in [-0.25, -0.2) is 4.39 Å². The molecule has 1 aliphatic heterocycles. The number of ketones is 1. The van der Waals surface area contributed by atoms with E-state index in [0.717, 1.165) is 6.07 Å². The first-order valence-electron chi connectivity index (χ1n) is 5.82. The average molecular weight is 250 g/mol. The number of nitrogens with two attached hydrogens (primary N) is 1. The largest absolute Gasteiger partial charge is 0.330 e. The Morgan fingerprint density at radius 3 is 2.67 bits per heavy atom. The number of aryl methyl sites for hydroxylation is 1. The Balaban J connectivity index is 2.48. The van der Waals surface area contributed by atoms with Crippen molar-refractivity contribution in [2.45, 2.75) is 13.8 Å². The minimum absolute atomic E-state index is 0.0807. The summed E-state index contributed by atoms with van der Waals surface area (Å²) in [6.45, 7) is 4.39. The van der Waals surface area contributed by atoms with Crippen LogP contribution in [0.5, 0.6) is 0 Å². The van der Waals surface area contributed by atoms with Crippen molar-refractivity contribution in [1.82, 2.24) is 0 Å². The van der Waals surface area contributed by atoms with Crippen LogP contribution in [0.25, 0.3) is 0 Å². The molecule has 5 heteroatoms.